The molecule has 1 aliphatic heterocycles. The Morgan fingerprint density at radius 1 is 1.33 bits per heavy atom. The van der Waals surface area contributed by atoms with E-state index in [1.54, 1.807) is 6.33 Å². The highest BCUT2D eigenvalue weighted by Gasteiger charge is 2.26. The minimum atomic E-state index is 0.352. The van der Waals surface area contributed by atoms with E-state index in [0.29, 0.717) is 23.6 Å². The van der Waals surface area contributed by atoms with E-state index in [4.69, 9.17) is 4.74 Å². The molecule has 2 unspecified atom stereocenters. The van der Waals surface area contributed by atoms with Gasteiger partial charge in [0.05, 0.1) is 12.4 Å². The Bertz CT molecular complexity index is 598. The van der Waals surface area contributed by atoms with E-state index in [9.17, 15) is 0 Å². The number of fused-ring (bicyclic) bond motifs is 1. The molecule has 114 valence electrons. The van der Waals surface area contributed by atoms with E-state index < -0.39 is 0 Å². The summed E-state index contributed by atoms with van der Waals surface area (Å²) in [6, 6.07) is 0. The van der Waals surface area contributed by atoms with Gasteiger partial charge in [0.2, 0.25) is 5.95 Å². The fourth-order valence-corrected chi connectivity index (χ4v) is 2.80. The van der Waals surface area contributed by atoms with Crippen LogP contribution in [0.5, 0.6) is 0 Å². The van der Waals surface area contributed by atoms with E-state index in [-0.39, 0.29) is 0 Å². The summed E-state index contributed by atoms with van der Waals surface area (Å²) in [4.78, 5) is 16.2. The fraction of sp³-hybridized carbons (Fsp3) is 0.643. The van der Waals surface area contributed by atoms with Gasteiger partial charge in [0, 0.05) is 25.6 Å². The average Bonchev–Trinajstić information content (AvgIpc) is 3.13. The Hall–Kier alpha value is -1.89. The van der Waals surface area contributed by atoms with Crippen LogP contribution in [0, 0.1) is 5.92 Å². The molecule has 21 heavy (non-hydrogen) atoms. The number of aromatic nitrogens is 4. The van der Waals surface area contributed by atoms with E-state index in [1.807, 2.05) is 6.92 Å². The average molecular weight is 290 g/mol. The molecule has 0 aliphatic carbocycles. The molecule has 1 aliphatic rings. The molecular weight excluding hydrogens is 268 g/mol. The number of rotatable bonds is 6. The van der Waals surface area contributed by atoms with E-state index in [1.165, 1.54) is 0 Å². The maximum absolute atomic E-state index is 5.73. The van der Waals surface area contributed by atoms with Gasteiger partial charge in [-0.3, -0.25) is 0 Å². The Kier molecular flexibility index (Phi) is 4.19. The normalized spacial score (nSPS) is 21.8. The molecule has 2 aromatic rings. The lowest BCUT2D eigenvalue weighted by atomic mass is 10.00. The Morgan fingerprint density at radius 3 is 3.05 bits per heavy atom. The summed E-state index contributed by atoms with van der Waals surface area (Å²) in [5, 5.41) is 6.57. The number of ether oxygens (including phenoxy) is 1. The molecular formula is C14H22N6O. The van der Waals surface area contributed by atoms with Gasteiger partial charge in [-0.25, -0.2) is 4.98 Å². The van der Waals surface area contributed by atoms with Gasteiger partial charge in [0.15, 0.2) is 11.5 Å². The molecule has 0 spiro atoms. The van der Waals surface area contributed by atoms with Crippen molar-refractivity contribution in [1.29, 1.82) is 0 Å². The largest absolute Gasteiger partial charge is 0.378 e. The van der Waals surface area contributed by atoms with Crippen molar-refractivity contribution in [2.24, 2.45) is 5.92 Å². The standard InChI is InChI=1S/C14H22N6O/c1-3-10-9(5-6-21-10)7-16-12-11-13(18-8-17-11)20-14(19-12)15-4-2/h8-10H,3-7H2,1-2H3,(H3,15,16,17,18,19,20). The number of nitrogens with one attached hydrogen (secondary N) is 3. The van der Waals surface area contributed by atoms with Crippen molar-refractivity contribution >= 4 is 22.9 Å². The second-order valence-corrected chi connectivity index (χ2v) is 5.27. The Balaban J connectivity index is 1.77. The van der Waals surface area contributed by atoms with Gasteiger partial charge in [0.25, 0.3) is 0 Å². The molecule has 1 saturated heterocycles. The topological polar surface area (TPSA) is 87.8 Å². The number of aromatic amines is 1. The smallest absolute Gasteiger partial charge is 0.226 e. The molecule has 1 fully saturated rings. The van der Waals surface area contributed by atoms with Crippen LogP contribution in [0.4, 0.5) is 11.8 Å². The number of hydrogen-bond acceptors (Lipinski definition) is 6. The van der Waals surface area contributed by atoms with Crippen LogP contribution < -0.4 is 10.6 Å². The van der Waals surface area contributed by atoms with Crippen molar-refractivity contribution in [3.8, 4) is 0 Å². The first kappa shape index (κ1) is 14.1. The van der Waals surface area contributed by atoms with Crippen LogP contribution in [0.2, 0.25) is 0 Å². The van der Waals surface area contributed by atoms with E-state index in [2.05, 4.69) is 37.5 Å². The minimum Gasteiger partial charge on any atom is -0.378 e. The van der Waals surface area contributed by atoms with Gasteiger partial charge < -0.3 is 20.4 Å². The maximum Gasteiger partial charge on any atom is 0.226 e. The van der Waals surface area contributed by atoms with Crippen molar-refractivity contribution in [1.82, 2.24) is 19.9 Å². The minimum absolute atomic E-state index is 0.352. The van der Waals surface area contributed by atoms with Crippen molar-refractivity contribution in [3.05, 3.63) is 6.33 Å². The summed E-state index contributed by atoms with van der Waals surface area (Å²) in [6.07, 6.45) is 4.15. The Labute approximate surface area is 123 Å². The predicted octanol–water partition coefficient (Wildman–Crippen LogP) is 2.01. The zero-order valence-electron chi connectivity index (χ0n) is 12.5. The van der Waals surface area contributed by atoms with Gasteiger partial charge >= 0.3 is 0 Å². The zero-order valence-corrected chi connectivity index (χ0v) is 12.5. The summed E-state index contributed by atoms with van der Waals surface area (Å²) < 4.78 is 5.73. The number of H-pyrrole nitrogens is 1. The highest BCUT2D eigenvalue weighted by Crippen LogP contribution is 2.25. The van der Waals surface area contributed by atoms with Crippen molar-refractivity contribution in [2.75, 3.05) is 30.3 Å². The first-order valence-corrected chi connectivity index (χ1v) is 7.62. The third-order valence-corrected chi connectivity index (χ3v) is 3.90. The van der Waals surface area contributed by atoms with Crippen LogP contribution in [0.25, 0.3) is 11.2 Å². The van der Waals surface area contributed by atoms with Gasteiger partial charge in [-0.05, 0) is 19.8 Å². The number of nitrogens with zero attached hydrogens (tertiary/aromatic N) is 3. The molecule has 3 heterocycles. The highest BCUT2D eigenvalue weighted by molar-refractivity contribution is 5.83. The number of hydrogen-bond donors (Lipinski definition) is 3. The van der Waals surface area contributed by atoms with Crippen LogP contribution in [0.3, 0.4) is 0 Å². The van der Waals surface area contributed by atoms with Crippen LogP contribution in [0.15, 0.2) is 6.33 Å². The van der Waals surface area contributed by atoms with E-state index >= 15 is 0 Å². The van der Waals surface area contributed by atoms with Gasteiger partial charge in [-0.1, -0.05) is 6.92 Å². The number of anilines is 2. The summed E-state index contributed by atoms with van der Waals surface area (Å²) >= 11 is 0. The summed E-state index contributed by atoms with van der Waals surface area (Å²) in [6.45, 7) is 6.69. The molecule has 0 amide bonds. The molecule has 2 atom stereocenters. The SMILES string of the molecule is CCNc1nc(NCC2CCOC2CC)c2[nH]cnc2n1. The molecule has 0 aromatic carbocycles. The highest BCUT2D eigenvalue weighted by atomic mass is 16.5. The third-order valence-electron chi connectivity index (χ3n) is 3.90. The monoisotopic (exact) mass is 290 g/mol. The molecule has 3 N–H and O–H groups in total. The Morgan fingerprint density at radius 2 is 2.24 bits per heavy atom. The van der Waals surface area contributed by atoms with Crippen LogP contribution in [0.1, 0.15) is 26.7 Å². The summed E-state index contributed by atoms with van der Waals surface area (Å²) in [7, 11) is 0. The lowest BCUT2D eigenvalue weighted by Gasteiger charge is -2.18. The summed E-state index contributed by atoms with van der Waals surface area (Å²) in [5.74, 6) is 1.94. The van der Waals surface area contributed by atoms with Crippen LogP contribution >= 0.6 is 0 Å². The number of imidazole rings is 1. The predicted molar refractivity (Wildman–Crippen MR) is 82.5 cm³/mol. The van der Waals surface area contributed by atoms with Crippen molar-refractivity contribution < 1.29 is 4.74 Å². The summed E-state index contributed by atoms with van der Waals surface area (Å²) in [5.41, 5.74) is 1.53. The molecule has 3 rings (SSSR count). The molecule has 0 radical (unpaired) electrons. The molecule has 7 nitrogen and oxygen atoms in total. The molecule has 7 heteroatoms. The zero-order chi connectivity index (χ0) is 14.7. The van der Waals surface area contributed by atoms with Gasteiger partial charge in [0.1, 0.15) is 5.52 Å². The maximum atomic E-state index is 5.73. The first-order valence-electron chi connectivity index (χ1n) is 7.62. The first-order chi connectivity index (χ1) is 10.3. The quantitative estimate of drug-likeness (QED) is 0.754. The third kappa shape index (κ3) is 2.92. The molecule has 2 aromatic heterocycles. The molecule has 0 bridgehead atoms. The lowest BCUT2D eigenvalue weighted by molar-refractivity contribution is 0.0900. The van der Waals surface area contributed by atoms with Crippen molar-refractivity contribution in [3.63, 3.8) is 0 Å². The lowest BCUT2D eigenvalue weighted by Crippen LogP contribution is -2.23. The second kappa shape index (κ2) is 6.26. The van der Waals surface area contributed by atoms with Crippen molar-refractivity contribution in [2.45, 2.75) is 32.8 Å². The fourth-order valence-electron chi connectivity index (χ4n) is 2.80. The van der Waals surface area contributed by atoms with Crippen LogP contribution in [-0.4, -0.2) is 45.7 Å². The molecule has 0 saturated carbocycles. The van der Waals surface area contributed by atoms with Crippen LogP contribution in [-0.2, 0) is 4.74 Å². The van der Waals surface area contributed by atoms with Gasteiger partial charge in [-0.15, -0.1) is 0 Å². The van der Waals surface area contributed by atoms with Gasteiger partial charge in [-0.2, -0.15) is 9.97 Å². The van der Waals surface area contributed by atoms with E-state index in [0.717, 1.165) is 43.9 Å². The second-order valence-electron chi connectivity index (χ2n) is 5.27.